The summed E-state index contributed by atoms with van der Waals surface area (Å²) in [6, 6.07) is 17.6. The summed E-state index contributed by atoms with van der Waals surface area (Å²) < 4.78 is 7.10. The summed E-state index contributed by atoms with van der Waals surface area (Å²) in [5, 5.41) is 10.2. The molecule has 1 aromatic carbocycles. The van der Waals surface area contributed by atoms with Crippen molar-refractivity contribution in [1.29, 1.82) is 0 Å². The summed E-state index contributed by atoms with van der Waals surface area (Å²) in [4.78, 5) is 15.9. The maximum atomic E-state index is 13.0. The molecule has 1 amide bonds. The second-order valence-electron chi connectivity index (χ2n) is 6.11. The average Bonchev–Trinajstić information content (AvgIpc) is 3.45. The van der Waals surface area contributed by atoms with Crippen LogP contribution in [0.2, 0.25) is 0 Å². The number of amides is 1. The lowest BCUT2D eigenvalue weighted by Gasteiger charge is -2.19. The Bertz CT molecular complexity index is 942. The standard InChI is InChI=1S/C20H18N4O2S/c25-20(19-15-24(22-21-19)12-16-6-2-1-3-7-16)23(13-17-8-4-10-26-17)14-18-9-5-11-27-18/h1-11,15H,12-14H2. The van der Waals surface area contributed by atoms with E-state index in [0.717, 1.165) is 16.2 Å². The molecule has 0 aliphatic heterocycles. The predicted octanol–water partition coefficient (Wildman–Crippen LogP) is 3.82. The van der Waals surface area contributed by atoms with Crippen molar-refractivity contribution in [2.45, 2.75) is 19.6 Å². The van der Waals surface area contributed by atoms with Crippen molar-refractivity contribution < 1.29 is 9.21 Å². The van der Waals surface area contributed by atoms with E-state index >= 15 is 0 Å². The molecular formula is C20H18N4O2S. The largest absolute Gasteiger partial charge is 0.467 e. The summed E-state index contributed by atoms with van der Waals surface area (Å²) in [7, 11) is 0. The van der Waals surface area contributed by atoms with E-state index in [4.69, 9.17) is 4.42 Å². The van der Waals surface area contributed by atoms with Gasteiger partial charge in [-0.1, -0.05) is 41.6 Å². The summed E-state index contributed by atoms with van der Waals surface area (Å²) in [6.45, 7) is 1.46. The molecule has 0 spiro atoms. The fourth-order valence-corrected chi connectivity index (χ4v) is 3.51. The highest BCUT2D eigenvalue weighted by Crippen LogP contribution is 2.17. The number of thiophene rings is 1. The zero-order valence-electron chi connectivity index (χ0n) is 14.6. The first kappa shape index (κ1) is 17.2. The normalized spacial score (nSPS) is 10.8. The Morgan fingerprint density at radius 3 is 2.70 bits per heavy atom. The molecule has 0 saturated carbocycles. The molecule has 6 nitrogen and oxygen atoms in total. The molecule has 0 aliphatic rings. The van der Waals surface area contributed by atoms with Crippen molar-refractivity contribution in [2.75, 3.05) is 0 Å². The number of carbonyl (C=O) groups is 1. The SMILES string of the molecule is O=C(c1cn(Cc2ccccc2)nn1)N(Cc1ccco1)Cc1cccs1. The van der Waals surface area contributed by atoms with Crippen LogP contribution >= 0.6 is 11.3 Å². The van der Waals surface area contributed by atoms with E-state index in [9.17, 15) is 4.79 Å². The smallest absolute Gasteiger partial charge is 0.276 e. The molecule has 0 bridgehead atoms. The summed E-state index contributed by atoms with van der Waals surface area (Å²) in [5.74, 6) is 0.565. The lowest BCUT2D eigenvalue weighted by Crippen LogP contribution is -2.30. The maximum Gasteiger partial charge on any atom is 0.276 e. The van der Waals surface area contributed by atoms with Gasteiger partial charge >= 0.3 is 0 Å². The van der Waals surface area contributed by atoms with Crippen LogP contribution in [-0.4, -0.2) is 25.8 Å². The minimum absolute atomic E-state index is 0.167. The second-order valence-corrected chi connectivity index (χ2v) is 7.14. The van der Waals surface area contributed by atoms with Gasteiger partial charge < -0.3 is 9.32 Å². The van der Waals surface area contributed by atoms with Crippen LogP contribution in [0.3, 0.4) is 0 Å². The van der Waals surface area contributed by atoms with Crippen LogP contribution in [0.5, 0.6) is 0 Å². The first-order valence-electron chi connectivity index (χ1n) is 8.56. The molecule has 0 saturated heterocycles. The molecule has 7 heteroatoms. The number of rotatable bonds is 7. The molecule has 27 heavy (non-hydrogen) atoms. The second kappa shape index (κ2) is 8.01. The number of hydrogen-bond donors (Lipinski definition) is 0. The van der Waals surface area contributed by atoms with Crippen LogP contribution in [0.4, 0.5) is 0 Å². The van der Waals surface area contributed by atoms with Gasteiger partial charge in [0.25, 0.3) is 5.91 Å². The van der Waals surface area contributed by atoms with E-state index in [1.165, 1.54) is 0 Å². The molecule has 0 aliphatic carbocycles. The van der Waals surface area contributed by atoms with Crippen molar-refractivity contribution in [3.05, 3.63) is 94.3 Å². The zero-order valence-corrected chi connectivity index (χ0v) is 15.4. The Balaban J connectivity index is 1.52. The third-order valence-corrected chi connectivity index (χ3v) is 4.95. The van der Waals surface area contributed by atoms with Crippen molar-refractivity contribution >= 4 is 17.2 Å². The molecule has 4 aromatic rings. The third-order valence-electron chi connectivity index (χ3n) is 4.09. The van der Waals surface area contributed by atoms with Gasteiger partial charge in [0, 0.05) is 4.88 Å². The average molecular weight is 378 g/mol. The number of furan rings is 1. The van der Waals surface area contributed by atoms with Gasteiger partial charge in [-0.3, -0.25) is 4.79 Å². The molecule has 3 heterocycles. The van der Waals surface area contributed by atoms with Crippen molar-refractivity contribution in [3.63, 3.8) is 0 Å². The van der Waals surface area contributed by atoms with Gasteiger partial charge in [0.15, 0.2) is 5.69 Å². The Morgan fingerprint density at radius 1 is 1.07 bits per heavy atom. The lowest BCUT2D eigenvalue weighted by atomic mass is 10.2. The zero-order chi connectivity index (χ0) is 18.5. The topological polar surface area (TPSA) is 64.2 Å². The van der Waals surface area contributed by atoms with Gasteiger partial charge in [-0.15, -0.1) is 16.4 Å². The van der Waals surface area contributed by atoms with Gasteiger partial charge in [-0.05, 0) is 29.1 Å². The van der Waals surface area contributed by atoms with E-state index < -0.39 is 0 Å². The Labute approximate surface area is 160 Å². The molecule has 0 atom stereocenters. The van der Waals surface area contributed by atoms with Crippen molar-refractivity contribution in [2.24, 2.45) is 0 Å². The van der Waals surface area contributed by atoms with Crippen LogP contribution in [0.25, 0.3) is 0 Å². The fraction of sp³-hybridized carbons (Fsp3) is 0.150. The number of carbonyl (C=O) groups excluding carboxylic acids is 1. The van der Waals surface area contributed by atoms with Crippen LogP contribution < -0.4 is 0 Å². The van der Waals surface area contributed by atoms with E-state index in [-0.39, 0.29) is 5.91 Å². The van der Waals surface area contributed by atoms with Crippen molar-refractivity contribution in [3.8, 4) is 0 Å². The lowest BCUT2D eigenvalue weighted by molar-refractivity contribution is 0.0713. The van der Waals surface area contributed by atoms with E-state index in [0.29, 0.717) is 25.3 Å². The molecule has 0 fully saturated rings. The molecule has 0 radical (unpaired) electrons. The molecule has 0 N–H and O–H groups in total. The molecular weight excluding hydrogens is 360 g/mol. The summed E-state index contributed by atoms with van der Waals surface area (Å²) in [6.07, 6.45) is 3.30. The highest BCUT2D eigenvalue weighted by atomic mass is 32.1. The van der Waals surface area contributed by atoms with E-state index in [1.807, 2.05) is 60.0 Å². The van der Waals surface area contributed by atoms with Gasteiger partial charge in [0.2, 0.25) is 0 Å². The third kappa shape index (κ3) is 4.32. The van der Waals surface area contributed by atoms with Gasteiger partial charge in [0.1, 0.15) is 5.76 Å². The molecule has 3 aromatic heterocycles. The minimum Gasteiger partial charge on any atom is -0.467 e. The van der Waals surface area contributed by atoms with Crippen LogP contribution in [0, 0.1) is 0 Å². The Morgan fingerprint density at radius 2 is 1.96 bits per heavy atom. The molecule has 4 rings (SSSR count). The Hall–Kier alpha value is -3.19. The monoisotopic (exact) mass is 378 g/mol. The number of aromatic nitrogens is 3. The highest BCUT2D eigenvalue weighted by Gasteiger charge is 2.21. The van der Waals surface area contributed by atoms with Crippen LogP contribution in [-0.2, 0) is 19.6 Å². The fourth-order valence-electron chi connectivity index (χ4n) is 2.79. The summed E-state index contributed by atoms with van der Waals surface area (Å²) in [5.41, 5.74) is 1.43. The number of benzene rings is 1. The van der Waals surface area contributed by atoms with E-state index in [2.05, 4.69) is 10.3 Å². The number of hydrogen-bond acceptors (Lipinski definition) is 5. The van der Waals surface area contributed by atoms with Gasteiger partial charge in [-0.25, -0.2) is 4.68 Å². The molecule has 0 unspecified atom stereocenters. The van der Waals surface area contributed by atoms with E-state index in [1.54, 1.807) is 33.4 Å². The maximum absolute atomic E-state index is 13.0. The van der Waals surface area contributed by atoms with Gasteiger partial charge in [-0.2, -0.15) is 0 Å². The summed E-state index contributed by atoms with van der Waals surface area (Å²) >= 11 is 1.62. The predicted molar refractivity (Wildman–Crippen MR) is 102 cm³/mol. The van der Waals surface area contributed by atoms with Gasteiger partial charge in [0.05, 0.1) is 32.1 Å². The first-order valence-corrected chi connectivity index (χ1v) is 9.44. The first-order chi connectivity index (χ1) is 13.3. The highest BCUT2D eigenvalue weighted by molar-refractivity contribution is 7.09. The Kier molecular flexibility index (Phi) is 5.11. The molecule has 136 valence electrons. The van der Waals surface area contributed by atoms with Crippen molar-refractivity contribution in [1.82, 2.24) is 19.9 Å². The quantitative estimate of drug-likeness (QED) is 0.490. The minimum atomic E-state index is -0.167. The number of nitrogens with zero attached hydrogens (tertiary/aromatic N) is 4. The van der Waals surface area contributed by atoms with Crippen LogP contribution in [0.15, 0.2) is 76.9 Å². The van der Waals surface area contributed by atoms with Crippen LogP contribution in [0.1, 0.15) is 26.7 Å².